The van der Waals surface area contributed by atoms with Crippen LogP contribution in [-0.4, -0.2) is 46.2 Å². The van der Waals surface area contributed by atoms with Gasteiger partial charge in [0.15, 0.2) is 5.78 Å². The van der Waals surface area contributed by atoms with Crippen molar-refractivity contribution in [3.8, 4) is 0 Å². The number of Topliss-reactive ketones (excluding diaryl/α,β-unsaturated/α-hetero) is 1. The van der Waals surface area contributed by atoms with Crippen LogP contribution in [0.5, 0.6) is 0 Å². The van der Waals surface area contributed by atoms with Crippen LogP contribution in [0, 0.1) is 0 Å². The Morgan fingerprint density at radius 1 is 1.45 bits per heavy atom. The van der Waals surface area contributed by atoms with E-state index in [-0.39, 0.29) is 6.42 Å². The van der Waals surface area contributed by atoms with Crippen molar-refractivity contribution in [3.05, 3.63) is 0 Å². The van der Waals surface area contributed by atoms with E-state index in [2.05, 4.69) is 0 Å². The molecule has 0 saturated carbocycles. The molecule has 5 heteroatoms. The lowest BCUT2D eigenvalue weighted by atomic mass is 10.1. The lowest BCUT2D eigenvalue weighted by Crippen LogP contribution is -2.35. The van der Waals surface area contributed by atoms with Gasteiger partial charge in [-0.15, -0.1) is 0 Å². The summed E-state index contributed by atoms with van der Waals surface area (Å²) in [5.41, 5.74) is 0. The van der Waals surface area contributed by atoms with Crippen LogP contribution in [0.25, 0.3) is 0 Å². The topological polar surface area (TPSA) is 94.8 Å². The number of ketones is 1. The van der Waals surface area contributed by atoms with Crippen LogP contribution in [0.4, 0.5) is 0 Å². The molecule has 2 atom stereocenters. The summed E-state index contributed by atoms with van der Waals surface area (Å²) in [6.07, 6.45) is -3.00. The molecule has 0 fully saturated rings. The fourth-order valence-corrected chi connectivity index (χ4v) is 0.536. The lowest BCUT2D eigenvalue weighted by Gasteiger charge is -2.12. The van der Waals surface area contributed by atoms with Gasteiger partial charge in [-0.25, -0.2) is 0 Å². The zero-order valence-corrected chi connectivity index (χ0v) is 5.80. The molecule has 0 rings (SSSR count). The number of aliphatic hydroxyl groups excluding tert-OH is 3. The maximum atomic E-state index is 10.5. The average Bonchev–Trinajstić information content (AvgIpc) is 2.02. The minimum atomic E-state index is -1.66. The number of aliphatic hydroxyl groups is 3. The Kier molecular flexibility index (Phi) is 4.60. The van der Waals surface area contributed by atoms with E-state index < -0.39 is 24.6 Å². The van der Waals surface area contributed by atoms with Crippen LogP contribution in [0.1, 0.15) is 6.42 Å². The predicted octanol–water partition coefficient (Wildman–Crippen LogP) is -2.14. The minimum Gasteiger partial charge on any atom is -0.389 e. The summed E-state index contributed by atoms with van der Waals surface area (Å²) in [6, 6.07) is 0. The van der Waals surface area contributed by atoms with Gasteiger partial charge in [0.05, 0.1) is 6.10 Å². The first-order valence-corrected chi connectivity index (χ1v) is 3.06. The van der Waals surface area contributed by atoms with E-state index >= 15 is 0 Å². The molecule has 0 aromatic heterocycles. The highest BCUT2D eigenvalue weighted by molar-refractivity contribution is 5.84. The molecule has 0 bridgehead atoms. The first-order valence-electron chi connectivity index (χ1n) is 3.06. The summed E-state index contributed by atoms with van der Waals surface area (Å²) in [5, 5.41) is 25.8. The van der Waals surface area contributed by atoms with Crippen LogP contribution in [0.3, 0.4) is 0 Å². The maximum Gasteiger partial charge on any atom is 0.189 e. The molecule has 0 heterocycles. The van der Waals surface area contributed by atoms with Crippen molar-refractivity contribution in [2.24, 2.45) is 0 Å². The van der Waals surface area contributed by atoms with Crippen LogP contribution < -0.4 is 0 Å². The third kappa shape index (κ3) is 3.22. The molecule has 0 radical (unpaired) electrons. The fourth-order valence-electron chi connectivity index (χ4n) is 0.536. The summed E-state index contributed by atoms with van der Waals surface area (Å²) < 4.78 is 0. The monoisotopic (exact) mass is 162 g/mol. The number of aldehydes is 1. The molecule has 0 spiro atoms. The van der Waals surface area contributed by atoms with Crippen molar-refractivity contribution >= 4 is 12.1 Å². The first kappa shape index (κ1) is 10.2. The van der Waals surface area contributed by atoms with E-state index in [1.807, 2.05) is 0 Å². The van der Waals surface area contributed by atoms with Crippen molar-refractivity contribution in [1.29, 1.82) is 0 Å². The van der Waals surface area contributed by atoms with Crippen LogP contribution >= 0.6 is 0 Å². The van der Waals surface area contributed by atoms with Gasteiger partial charge in [0, 0.05) is 6.42 Å². The zero-order chi connectivity index (χ0) is 8.85. The van der Waals surface area contributed by atoms with E-state index in [4.69, 9.17) is 15.3 Å². The molecule has 0 aromatic rings. The smallest absolute Gasteiger partial charge is 0.189 e. The SMILES string of the molecule is O=CC[C@@H](O)[C@@H](O)C(=O)CO. The molecule has 3 N–H and O–H groups in total. The fraction of sp³-hybridized carbons (Fsp3) is 0.667. The van der Waals surface area contributed by atoms with Gasteiger partial charge in [-0.2, -0.15) is 0 Å². The Morgan fingerprint density at radius 2 is 2.00 bits per heavy atom. The average molecular weight is 162 g/mol. The van der Waals surface area contributed by atoms with Gasteiger partial charge < -0.3 is 20.1 Å². The highest BCUT2D eigenvalue weighted by Crippen LogP contribution is 1.97. The second-order valence-electron chi connectivity index (χ2n) is 2.04. The second-order valence-corrected chi connectivity index (χ2v) is 2.04. The van der Waals surface area contributed by atoms with Crippen molar-refractivity contribution < 1.29 is 24.9 Å². The second kappa shape index (κ2) is 4.95. The Labute approximate surface area is 63.3 Å². The molecule has 0 amide bonds. The summed E-state index contributed by atoms with van der Waals surface area (Å²) in [7, 11) is 0. The summed E-state index contributed by atoms with van der Waals surface area (Å²) in [6.45, 7) is -0.836. The van der Waals surface area contributed by atoms with Crippen LogP contribution in [0.15, 0.2) is 0 Å². The van der Waals surface area contributed by atoms with Crippen molar-refractivity contribution in [2.45, 2.75) is 18.6 Å². The summed E-state index contributed by atoms with van der Waals surface area (Å²) in [5.74, 6) is -0.889. The molecule has 0 unspecified atom stereocenters. The van der Waals surface area contributed by atoms with E-state index in [9.17, 15) is 9.59 Å². The van der Waals surface area contributed by atoms with Gasteiger partial charge in [-0.05, 0) is 0 Å². The lowest BCUT2D eigenvalue weighted by molar-refractivity contribution is -0.136. The largest absolute Gasteiger partial charge is 0.389 e. The highest BCUT2D eigenvalue weighted by Gasteiger charge is 2.22. The maximum absolute atomic E-state index is 10.5. The van der Waals surface area contributed by atoms with Gasteiger partial charge in [-0.3, -0.25) is 4.79 Å². The van der Waals surface area contributed by atoms with Gasteiger partial charge >= 0.3 is 0 Å². The van der Waals surface area contributed by atoms with Crippen LogP contribution in [-0.2, 0) is 9.59 Å². The molecule has 64 valence electrons. The van der Waals surface area contributed by atoms with Crippen molar-refractivity contribution in [1.82, 2.24) is 0 Å². The number of hydrogen-bond acceptors (Lipinski definition) is 5. The number of hydrogen-bond donors (Lipinski definition) is 3. The first-order chi connectivity index (χ1) is 5.13. The number of carbonyl (C=O) groups excluding carboxylic acids is 2. The van der Waals surface area contributed by atoms with E-state index in [1.54, 1.807) is 0 Å². The molecule has 11 heavy (non-hydrogen) atoms. The highest BCUT2D eigenvalue weighted by atomic mass is 16.3. The molecule has 0 aromatic carbocycles. The third-order valence-corrected chi connectivity index (χ3v) is 1.19. The third-order valence-electron chi connectivity index (χ3n) is 1.19. The van der Waals surface area contributed by atoms with E-state index in [1.165, 1.54) is 0 Å². The molecular weight excluding hydrogens is 152 g/mol. The number of rotatable bonds is 5. The molecule has 0 aliphatic rings. The summed E-state index contributed by atoms with van der Waals surface area (Å²) in [4.78, 5) is 20.2. The van der Waals surface area contributed by atoms with Crippen LogP contribution in [0.2, 0.25) is 0 Å². The van der Waals surface area contributed by atoms with Gasteiger partial charge in [0.25, 0.3) is 0 Å². The molecule has 0 saturated heterocycles. The van der Waals surface area contributed by atoms with Crippen molar-refractivity contribution in [2.75, 3.05) is 6.61 Å². The van der Waals surface area contributed by atoms with E-state index in [0.717, 1.165) is 0 Å². The minimum absolute atomic E-state index is 0.313. The van der Waals surface area contributed by atoms with Gasteiger partial charge in [0.1, 0.15) is 19.0 Å². The molecular formula is C6H10O5. The molecule has 5 nitrogen and oxygen atoms in total. The Bertz CT molecular complexity index is 144. The van der Waals surface area contributed by atoms with Crippen molar-refractivity contribution in [3.63, 3.8) is 0 Å². The van der Waals surface area contributed by atoms with Gasteiger partial charge in [0.2, 0.25) is 0 Å². The predicted molar refractivity (Wildman–Crippen MR) is 34.8 cm³/mol. The quantitative estimate of drug-likeness (QED) is 0.401. The Morgan fingerprint density at radius 3 is 2.36 bits per heavy atom. The van der Waals surface area contributed by atoms with Gasteiger partial charge in [-0.1, -0.05) is 0 Å². The molecule has 0 aliphatic carbocycles. The van der Waals surface area contributed by atoms with E-state index in [0.29, 0.717) is 6.29 Å². The molecule has 0 aliphatic heterocycles. The standard InChI is InChI=1S/C6H10O5/c7-2-1-4(9)6(11)5(10)3-8/h2,4,6,8-9,11H,1,3H2/t4-,6-/m1/s1. The normalized spacial score (nSPS) is 15.5. The Hall–Kier alpha value is -0.780. The number of carbonyl (C=O) groups is 2. The summed E-state index contributed by atoms with van der Waals surface area (Å²) >= 11 is 0. The Balaban J connectivity index is 3.89. The zero-order valence-electron chi connectivity index (χ0n) is 5.80.